The molecule has 13 heteroatoms. The molecule has 0 saturated carbocycles. The van der Waals surface area contributed by atoms with Crippen molar-refractivity contribution in [2.45, 2.75) is 13.1 Å². The smallest absolute Gasteiger partial charge is 0.416 e. The first kappa shape index (κ1) is 29.0. The highest BCUT2D eigenvalue weighted by molar-refractivity contribution is 6.02. The summed E-state index contributed by atoms with van der Waals surface area (Å²) >= 11 is 0. The summed E-state index contributed by atoms with van der Waals surface area (Å²) in [6, 6.07) is 16.9. The lowest BCUT2D eigenvalue weighted by Crippen LogP contribution is -2.08. The van der Waals surface area contributed by atoms with Gasteiger partial charge in [0.1, 0.15) is 6.61 Å². The molecule has 0 spiro atoms. The van der Waals surface area contributed by atoms with E-state index in [1.807, 2.05) is 6.92 Å². The third kappa shape index (κ3) is 7.76. The zero-order valence-corrected chi connectivity index (χ0v) is 21.7. The molecule has 212 valence electrons. The van der Waals surface area contributed by atoms with Gasteiger partial charge in [-0.25, -0.2) is 4.68 Å². The lowest BCUT2D eigenvalue weighted by atomic mass is 10.1. The van der Waals surface area contributed by atoms with Gasteiger partial charge in [-0.15, -0.1) is 5.10 Å². The second-order valence-electron chi connectivity index (χ2n) is 8.47. The zero-order valence-electron chi connectivity index (χ0n) is 21.7. The van der Waals surface area contributed by atoms with E-state index in [0.717, 1.165) is 12.1 Å². The van der Waals surface area contributed by atoms with Gasteiger partial charge < -0.3 is 14.8 Å². The Balaban J connectivity index is 1.51. The van der Waals surface area contributed by atoms with Crippen molar-refractivity contribution in [3.8, 4) is 23.1 Å². The Labute approximate surface area is 232 Å². The lowest BCUT2D eigenvalue weighted by Gasteiger charge is -2.09. The highest BCUT2D eigenvalue weighted by atomic mass is 19.4. The van der Waals surface area contributed by atoms with E-state index in [1.54, 1.807) is 24.3 Å². The second-order valence-corrected chi connectivity index (χ2v) is 8.47. The number of hydrogen-bond acceptors (Lipinski definition) is 7. The number of halogens is 3. The monoisotopic (exact) mass is 567 g/mol. The zero-order chi connectivity index (χ0) is 29.4. The van der Waals surface area contributed by atoms with Crippen LogP contribution < -0.4 is 10.1 Å². The van der Waals surface area contributed by atoms with Crippen LogP contribution in [0, 0.1) is 10.1 Å². The Hall–Kier alpha value is -5.04. The average molecular weight is 568 g/mol. The number of ether oxygens (including phenoxy) is 2. The molecule has 0 aliphatic carbocycles. The Kier molecular flexibility index (Phi) is 9.09. The molecule has 10 nitrogen and oxygen atoms in total. The van der Waals surface area contributed by atoms with E-state index in [2.05, 4.69) is 15.4 Å². The fourth-order valence-corrected chi connectivity index (χ4v) is 3.61. The number of nitro benzene ring substituents is 1. The van der Waals surface area contributed by atoms with Gasteiger partial charge in [-0.3, -0.25) is 14.9 Å². The van der Waals surface area contributed by atoms with Gasteiger partial charge in [0.25, 0.3) is 5.69 Å². The number of hydrogen-bond donors (Lipinski definition) is 1. The molecule has 3 aromatic carbocycles. The van der Waals surface area contributed by atoms with E-state index in [-0.39, 0.29) is 24.1 Å². The van der Waals surface area contributed by atoms with Crippen LogP contribution in [-0.4, -0.2) is 45.4 Å². The summed E-state index contributed by atoms with van der Waals surface area (Å²) in [5.74, 6) is -0.166. The number of benzene rings is 3. The minimum atomic E-state index is -4.48. The molecule has 1 N–H and O–H groups in total. The van der Waals surface area contributed by atoms with E-state index in [1.165, 1.54) is 53.2 Å². The SMILES string of the molecule is CCOCCOc1nc(-c2ccc(C(F)(F)F)cc2)n(-c2ccc(NC(=O)/C=C/c3ccc([N+](=O)[O-])cc3)cc2)n1. The summed E-state index contributed by atoms with van der Waals surface area (Å²) in [6.07, 6.45) is -1.66. The molecule has 1 heterocycles. The molecule has 41 heavy (non-hydrogen) atoms. The molecule has 0 unspecified atom stereocenters. The molecule has 0 fully saturated rings. The van der Waals surface area contributed by atoms with Crippen molar-refractivity contribution in [2.24, 2.45) is 0 Å². The number of non-ortho nitro benzene ring substituents is 1. The van der Waals surface area contributed by atoms with Gasteiger partial charge in [0.2, 0.25) is 5.91 Å². The van der Waals surface area contributed by atoms with E-state index < -0.39 is 22.6 Å². The van der Waals surface area contributed by atoms with Crippen LogP contribution >= 0.6 is 0 Å². The second kappa shape index (κ2) is 12.9. The average Bonchev–Trinajstić information content (AvgIpc) is 3.38. The number of nitrogens with one attached hydrogen (secondary N) is 1. The number of anilines is 1. The molecule has 0 aliphatic heterocycles. The molecule has 0 aliphatic rings. The van der Waals surface area contributed by atoms with Crippen molar-refractivity contribution in [1.29, 1.82) is 0 Å². The van der Waals surface area contributed by atoms with E-state index in [0.29, 0.717) is 35.7 Å². The quantitative estimate of drug-likeness (QED) is 0.103. The Morgan fingerprint density at radius 1 is 1.02 bits per heavy atom. The standard InChI is InChI=1S/C28H24F3N5O5/c1-2-40-17-18-41-27-33-26(20-6-8-21(9-7-20)28(29,30)31)35(34-27)23-14-10-22(11-15-23)32-25(37)16-5-19-3-12-24(13-4-19)36(38)39/h3-16H,2,17-18H2,1H3,(H,32,37)/b16-5+. The summed E-state index contributed by atoms with van der Waals surface area (Å²) in [6.45, 7) is 2.85. The highest BCUT2D eigenvalue weighted by Crippen LogP contribution is 2.31. The predicted octanol–water partition coefficient (Wildman–Crippen LogP) is 5.93. The summed E-state index contributed by atoms with van der Waals surface area (Å²) in [7, 11) is 0. The van der Waals surface area contributed by atoms with Gasteiger partial charge in [-0.2, -0.15) is 18.2 Å². The number of nitro groups is 1. The maximum atomic E-state index is 13.1. The highest BCUT2D eigenvalue weighted by Gasteiger charge is 2.30. The molecule has 0 saturated heterocycles. The molecule has 1 amide bonds. The molecule has 0 bridgehead atoms. The summed E-state index contributed by atoms with van der Waals surface area (Å²) < 4.78 is 51.4. The summed E-state index contributed by atoms with van der Waals surface area (Å²) in [5.41, 5.74) is 1.15. The Morgan fingerprint density at radius 2 is 1.71 bits per heavy atom. The van der Waals surface area contributed by atoms with Crippen LogP contribution in [0.25, 0.3) is 23.2 Å². The van der Waals surface area contributed by atoms with Gasteiger partial charge in [0.15, 0.2) is 5.82 Å². The van der Waals surface area contributed by atoms with Crippen LogP contribution in [0.4, 0.5) is 24.5 Å². The topological polar surface area (TPSA) is 121 Å². The van der Waals surface area contributed by atoms with Crippen LogP contribution in [0.2, 0.25) is 0 Å². The number of amides is 1. The molecular formula is C28H24F3N5O5. The molecular weight excluding hydrogens is 543 g/mol. The largest absolute Gasteiger partial charge is 0.460 e. The van der Waals surface area contributed by atoms with Crippen LogP contribution in [0.5, 0.6) is 6.01 Å². The summed E-state index contributed by atoms with van der Waals surface area (Å²) in [4.78, 5) is 27.0. The van der Waals surface area contributed by atoms with Crippen LogP contribution in [0.1, 0.15) is 18.1 Å². The van der Waals surface area contributed by atoms with Crippen molar-refractivity contribution in [1.82, 2.24) is 14.8 Å². The van der Waals surface area contributed by atoms with Crippen molar-refractivity contribution in [2.75, 3.05) is 25.1 Å². The first-order valence-corrected chi connectivity index (χ1v) is 12.3. The van der Waals surface area contributed by atoms with Crippen LogP contribution in [0.3, 0.4) is 0 Å². The van der Waals surface area contributed by atoms with E-state index in [9.17, 15) is 28.1 Å². The minimum absolute atomic E-state index is 0.0216. The van der Waals surface area contributed by atoms with Crippen LogP contribution in [-0.2, 0) is 15.7 Å². The minimum Gasteiger partial charge on any atom is -0.460 e. The van der Waals surface area contributed by atoms with Gasteiger partial charge in [0.05, 0.1) is 22.8 Å². The fraction of sp³-hybridized carbons (Fsp3) is 0.179. The number of rotatable bonds is 11. The molecule has 4 rings (SSSR count). The maximum absolute atomic E-state index is 13.1. The lowest BCUT2D eigenvalue weighted by molar-refractivity contribution is -0.384. The fourth-order valence-electron chi connectivity index (χ4n) is 3.61. The molecule has 0 atom stereocenters. The van der Waals surface area contributed by atoms with Gasteiger partial charge in [0, 0.05) is 36.1 Å². The Bertz CT molecular complexity index is 1520. The first-order valence-electron chi connectivity index (χ1n) is 12.3. The van der Waals surface area contributed by atoms with Gasteiger partial charge in [-0.1, -0.05) is 12.1 Å². The van der Waals surface area contributed by atoms with Gasteiger partial charge >= 0.3 is 12.2 Å². The van der Waals surface area contributed by atoms with Crippen molar-refractivity contribution in [3.05, 3.63) is 100 Å². The normalized spacial score (nSPS) is 11.5. The van der Waals surface area contributed by atoms with Crippen molar-refractivity contribution >= 4 is 23.4 Å². The first-order chi connectivity index (χ1) is 19.6. The van der Waals surface area contributed by atoms with E-state index >= 15 is 0 Å². The van der Waals surface area contributed by atoms with Crippen molar-refractivity contribution < 1.29 is 32.4 Å². The number of alkyl halides is 3. The maximum Gasteiger partial charge on any atom is 0.416 e. The number of aromatic nitrogens is 3. The third-order valence-corrected chi connectivity index (χ3v) is 5.63. The third-order valence-electron chi connectivity index (χ3n) is 5.63. The van der Waals surface area contributed by atoms with Crippen LogP contribution in [0.15, 0.2) is 78.9 Å². The number of carbonyl (C=O) groups excluding carboxylic acids is 1. The summed E-state index contributed by atoms with van der Waals surface area (Å²) in [5, 5.41) is 17.8. The Morgan fingerprint density at radius 3 is 2.32 bits per heavy atom. The van der Waals surface area contributed by atoms with Crippen molar-refractivity contribution in [3.63, 3.8) is 0 Å². The molecule has 0 radical (unpaired) electrons. The predicted molar refractivity (Wildman–Crippen MR) is 145 cm³/mol. The molecule has 4 aromatic rings. The number of carbonyl (C=O) groups is 1. The van der Waals surface area contributed by atoms with Gasteiger partial charge in [-0.05, 0) is 67.1 Å². The molecule has 1 aromatic heterocycles. The number of nitrogens with zero attached hydrogens (tertiary/aromatic N) is 4. The van der Waals surface area contributed by atoms with E-state index in [4.69, 9.17) is 9.47 Å².